The SMILES string of the molecule is CC1CCC(C(=O)Nc2ccc(Cl)nn2)O1. The molecule has 1 aliphatic heterocycles. The van der Waals surface area contributed by atoms with Gasteiger partial charge in [-0.15, -0.1) is 10.2 Å². The van der Waals surface area contributed by atoms with Crippen molar-refractivity contribution >= 4 is 23.3 Å². The van der Waals surface area contributed by atoms with Crippen LogP contribution in [0.15, 0.2) is 12.1 Å². The Hall–Kier alpha value is -1.20. The highest BCUT2D eigenvalue weighted by molar-refractivity contribution is 6.29. The monoisotopic (exact) mass is 241 g/mol. The largest absolute Gasteiger partial charge is 0.365 e. The lowest BCUT2D eigenvalue weighted by atomic mass is 10.2. The summed E-state index contributed by atoms with van der Waals surface area (Å²) in [6, 6.07) is 3.17. The highest BCUT2D eigenvalue weighted by Gasteiger charge is 2.28. The van der Waals surface area contributed by atoms with E-state index in [1.54, 1.807) is 12.1 Å². The molecular weight excluding hydrogens is 230 g/mol. The van der Waals surface area contributed by atoms with Gasteiger partial charge in [-0.25, -0.2) is 0 Å². The number of carbonyl (C=O) groups excluding carboxylic acids is 1. The predicted molar refractivity (Wildman–Crippen MR) is 59.2 cm³/mol. The van der Waals surface area contributed by atoms with Gasteiger partial charge < -0.3 is 10.1 Å². The van der Waals surface area contributed by atoms with E-state index in [-0.39, 0.29) is 18.1 Å². The molecule has 1 amide bonds. The summed E-state index contributed by atoms with van der Waals surface area (Å²) >= 11 is 5.58. The van der Waals surface area contributed by atoms with Crippen LogP contribution in [0.3, 0.4) is 0 Å². The van der Waals surface area contributed by atoms with Gasteiger partial charge in [0.05, 0.1) is 6.10 Å². The second kappa shape index (κ2) is 4.76. The Morgan fingerprint density at radius 1 is 1.50 bits per heavy atom. The summed E-state index contributed by atoms with van der Waals surface area (Å²) in [6.45, 7) is 1.95. The number of hydrogen-bond donors (Lipinski definition) is 1. The highest BCUT2D eigenvalue weighted by Crippen LogP contribution is 2.20. The lowest BCUT2D eigenvalue weighted by Gasteiger charge is -2.10. The van der Waals surface area contributed by atoms with Crippen LogP contribution >= 0.6 is 11.6 Å². The second-order valence-corrected chi connectivity index (χ2v) is 4.13. The lowest BCUT2D eigenvalue weighted by Crippen LogP contribution is -2.28. The van der Waals surface area contributed by atoms with Gasteiger partial charge in [0, 0.05) is 0 Å². The third kappa shape index (κ3) is 2.68. The Kier molecular flexibility index (Phi) is 3.36. The highest BCUT2D eigenvalue weighted by atomic mass is 35.5. The molecule has 0 spiro atoms. The molecule has 0 aliphatic carbocycles. The molecule has 1 N–H and O–H groups in total. The number of anilines is 1. The molecule has 5 nitrogen and oxygen atoms in total. The van der Waals surface area contributed by atoms with Gasteiger partial charge in [0.2, 0.25) is 0 Å². The number of rotatable bonds is 2. The van der Waals surface area contributed by atoms with Crippen molar-refractivity contribution in [3.8, 4) is 0 Å². The van der Waals surface area contributed by atoms with Crippen molar-refractivity contribution < 1.29 is 9.53 Å². The van der Waals surface area contributed by atoms with Crippen molar-refractivity contribution in [2.75, 3.05) is 5.32 Å². The van der Waals surface area contributed by atoms with Crippen molar-refractivity contribution in [1.29, 1.82) is 0 Å². The molecule has 0 saturated carbocycles. The zero-order valence-electron chi connectivity index (χ0n) is 8.81. The first kappa shape index (κ1) is 11.3. The second-order valence-electron chi connectivity index (χ2n) is 3.74. The molecule has 1 aromatic heterocycles. The number of carbonyl (C=O) groups is 1. The molecular formula is C10H12ClN3O2. The van der Waals surface area contributed by atoms with Gasteiger partial charge in [-0.3, -0.25) is 4.79 Å². The fourth-order valence-electron chi connectivity index (χ4n) is 1.58. The fourth-order valence-corrected chi connectivity index (χ4v) is 1.69. The minimum absolute atomic E-state index is 0.145. The van der Waals surface area contributed by atoms with Gasteiger partial charge in [-0.2, -0.15) is 0 Å². The number of ether oxygens (including phenoxy) is 1. The zero-order valence-corrected chi connectivity index (χ0v) is 9.57. The lowest BCUT2D eigenvalue weighted by molar-refractivity contribution is -0.126. The summed E-state index contributed by atoms with van der Waals surface area (Å²) in [5, 5.41) is 10.3. The molecule has 1 fully saturated rings. The van der Waals surface area contributed by atoms with Gasteiger partial charge >= 0.3 is 0 Å². The summed E-state index contributed by atoms with van der Waals surface area (Å²) < 4.78 is 5.43. The van der Waals surface area contributed by atoms with E-state index >= 15 is 0 Å². The van der Waals surface area contributed by atoms with Crippen LogP contribution in [0.25, 0.3) is 0 Å². The molecule has 86 valence electrons. The smallest absolute Gasteiger partial charge is 0.254 e. The quantitative estimate of drug-likeness (QED) is 0.855. The van der Waals surface area contributed by atoms with Crippen molar-refractivity contribution in [1.82, 2.24) is 10.2 Å². The van der Waals surface area contributed by atoms with Crippen LogP contribution < -0.4 is 5.32 Å². The zero-order chi connectivity index (χ0) is 11.5. The molecule has 1 aliphatic rings. The molecule has 2 heterocycles. The molecule has 0 bridgehead atoms. The summed E-state index contributed by atoms with van der Waals surface area (Å²) in [4.78, 5) is 11.7. The Bertz CT molecular complexity index is 382. The molecule has 16 heavy (non-hydrogen) atoms. The summed E-state index contributed by atoms with van der Waals surface area (Å²) in [5.74, 6) is 0.207. The third-order valence-corrected chi connectivity index (χ3v) is 2.61. The van der Waals surface area contributed by atoms with E-state index in [0.717, 1.165) is 12.8 Å². The van der Waals surface area contributed by atoms with Crippen LogP contribution in [0.4, 0.5) is 5.82 Å². The van der Waals surface area contributed by atoms with E-state index in [1.807, 2.05) is 6.92 Å². The van der Waals surface area contributed by atoms with Crippen LogP contribution in [0.5, 0.6) is 0 Å². The normalized spacial score (nSPS) is 24.4. The Balaban J connectivity index is 1.94. The molecule has 1 saturated heterocycles. The van der Waals surface area contributed by atoms with Crippen molar-refractivity contribution in [2.24, 2.45) is 0 Å². The van der Waals surface area contributed by atoms with E-state index in [2.05, 4.69) is 15.5 Å². The number of hydrogen-bond acceptors (Lipinski definition) is 4. The topological polar surface area (TPSA) is 64.1 Å². The van der Waals surface area contributed by atoms with Crippen LogP contribution in [0.1, 0.15) is 19.8 Å². The van der Waals surface area contributed by atoms with E-state index in [9.17, 15) is 4.79 Å². The van der Waals surface area contributed by atoms with Gasteiger partial charge in [0.1, 0.15) is 6.10 Å². The van der Waals surface area contributed by atoms with Crippen molar-refractivity contribution in [2.45, 2.75) is 32.0 Å². The summed E-state index contributed by atoms with van der Waals surface area (Å²) in [5.41, 5.74) is 0. The maximum Gasteiger partial charge on any atom is 0.254 e. The number of halogens is 1. The van der Waals surface area contributed by atoms with Crippen LogP contribution in [-0.2, 0) is 9.53 Å². The first-order chi connectivity index (χ1) is 7.65. The number of amides is 1. The predicted octanol–water partition coefficient (Wildman–Crippen LogP) is 1.64. The Morgan fingerprint density at radius 2 is 2.31 bits per heavy atom. The molecule has 6 heteroatoms. The Labute approximate surface area is 98.2 Å². The summed E-state index contributed by atoms with van der Waals surface area (Å²) in [7, 11) is 0. The fraction of sp³-hybridized carbons (Fsp3) is 0.500. The minimum Gasteiger partial charge on any atom is -0.365 e. The number of nitrogens with one attached hydrogen (secondary N) is 1. The maximum absolute atomic E-state index is 11.7. The van der Waals surface area contributed by atoms with Gasteiger partial charge in [0.25, 0.3) is 5.91 Å². The standard InChI is InChI=1S/C10H12ClN3O2/c1-6-2-3-7(16-6)10(15)12-9-5-4-8(11)13-14-9/h4-7H,2-3H2,1H3,(H,12,14,15). The number of aromatic nitrogens is 2. The van der Waals surface area contributed by atoms with E-state index in [1.165, 1.54) is 0 Å². The first-order valence-electron chi connectivity index (χ1n) is 5.10. The first-order valence-corrected chi connectivity index (χ1v) is 5.48. The van der Waals surface area contributed by atoms with Gasteiger partial charge in [-0.1, -0.05) is 11.6 Å². The van der Waals surface area contributed by atoms with Crippen molar-refractivity contribution in [3.63, 3.8) is 0 Å². The van der Waals surface area contributed by atoms with E-state index < -0.39 is 0 Å². The summed E-state index contributed by atoms with van der Waals surface area (Å²) in [6.07, 6.45) is 1.41. The average molecular weight is 242 g/mol. The minimum atomic E-state index is -0.382. The maximum atomic E-state index is 11.7. The molecule has 2 rings (SSSR count). The average Bonchev–Trinajstić information content (AvgIpc) is 2.68. The molecule has 2 unspecified atom stereocenters. The van der Waals surface area contributed by atoms with E-state index in [4.69, 9.17) is 16.3 Å². The molecule has 0 aromatic carbocycles. The third-order valence-electron chi connectivity index (χ3n) is 2.41. The van der Waals surface area contributed by atoms with Gasteiger partial charge in [0.15, 0.2) is 11.0 Å². The van der Waals surface area contributed by atoms with Crippen LogP contribution in [-0.4, -0.2) is 28.3 Å². The van der Waals surface area contributed by atoms with Crippen LogP contribution in [0, 0.1) is 0 Å². The molecule has 0 radical (unpaired) electrons. The van der Waals surface area contributed by atoms with Gasteiger partial charge in [-0.05, 0) is 31.9 Å². The Morgan fingerprint density at radius 3 is 2.88 bits per heavy atom. The molecule has 2 atom stereocenters. The van der Waals surface area contributed by atoms with E-state index in [0.29, 0.717) is 11.0 Å². The number of nitrogens with zero attached hydrogens (tertiary/aromatic N) is 2. The van der Waals surface area contributed by atoms with Crippen molar-refractivity contribution in [3.05, 3.63) is 17.3 Å². The molecule has 1 aromatic rings. The van der Waals surface area contributed by atoms with Crippen LogP contribution in [0.2, 0.25) is 5.15 Å².